The monoisotopic (exact) mass is 408 g/mol. The molecule has 0 aromatic carbocycles. The minimum Gasteiger partial charge on any atom is -0.296 e. The van der Waals surface area contributed by atoms with Crippen molar-refractivity contribution in [2.75, 3.05) is 37.7 Å². The SMILES string of the molecule is CC(C)(C)N1CC2CCC(C1)S2(=O)=O.CC(C)(C)N1CCS(=O)(=O)CC1. The van der Waals surface area contributed by atoms with Crippen molar-refractivity contribution in [3.8, 4) is 0 Å². The fourth-order valence-corrected chi connectivity index (χ4v) is 7.31. The second kappa shape index (κ2) is 7.33. The smallest absolute Gasteiger partial charge is 0.158 e. The van der Waals surface area contributed by atoms with Crippen LogP contribution in [0.3, 0.4) is 0 Å². The Morgan fingerprint density at radius 3 is 1.42 bits per heavy atom. The minimum absolute atomic E-state index is 0.0829. The summed E-state index contributed by atoms with van der Waals surface area (Å²) in [6.07, 6.45) is 1.75. The van der Waals surface area contributed by atoms with Crippen LogP contribution in [0.2, 0.25) is 0 Å². The Morgan fingerprint density at radius 1 is 0.692 bits per heavy atom. The van der Waals surface area contributed by atoms with E-state index in [0.717, 1.165) is 25.9 Å². The van der Waals surface area contributed by atoms with Crippen LogP contribution in [0.25, 0.3) is 0 Å². The Balaban J connectivity index is 0.000000190. The largest absolute Gasteiger partial charge is 0.296 e. The summed E-state index contributed by atoms with van der Waals surface area (Å²) < 4.78 is 45.8. The molecular weight excluding hydrogens is 372 g/mol. The van der Waals surface area contributed by atoms with E-state index < -0.39 is 19.7 Å². The maximum atomic E-state index is 11.8. The highest BCUT2D eigenvalue weighted by Crippen LogP contribution is 2.35. The highest BCUT2D eigenvalue weighted by molar-refractivity contribution is 7.93. The third-order valence-electron chi connectivity index (χ3n) is 5.83. The molecule has 0 radical (unpaired) electrons. The van der Waals surface area contributed by atoms with Gasteiger partial charge in [0, 0.05) is 37.3 Å². The topological polar surface area (TPSA) is 74.8 Å². The van der Waals surface area contributed by atoms with Gasteiger partial charge in [0.25, 0.3) is 0 Å². The minimum atomic E-state index is -2.76. The zero-order valence-corrected chi connectivity index (χ0v) is 18.8. The highest BCUT2D eigenvalue weighted by atomic mass is 32.2. The molecule has 3 heterocycles. The molecule has 3 fully saturated rings. The van der Waals surface area contributed by atoms with E-state index in [4.69, 9.17) is 0 Å². The van der Waals surface area contributed by atoms with E-state index in [-0.39, 0.29) is 21.6 Å². The van der Waals surface area contributed by atoms with Crippen LogP contribution in [0.5, 0.6) is 0 Å². The number of nitrogens with zero attached hydrogens (tertiary/aromatic N) is 2. The fraction of sp³-hybridized carbons (Fsp3) is 1.00. The summed E-state index contributed by atoms with van der Waals surface area (Å²) in [5.74, 6) is 0.647. The number of fused-ring (bicyclic) bond motifs is 2. The first-order chi connectivity index (χ1) is 11.6. The molecule has 2 unspecified atom stereocenters. The predicted octanol–water partition coefficient (Wildman–Crippen LogP) is 1.56. The zero-order valence-electron chi connectivity index (χ0n) is 17.2. The van der Waals surface area contributed by atoms with Crippen LogP contribution < -0.4 is 0 Å². The normalized spacial score (nSPS) is 31.9. The maximum Gasteiger partial charge on any atom is 0.158 e. The Morgan fingerprint density at radius 2 is 1.08 bits per heavy atom. The summed E-state index contributed by atoms with van der Waals surface area (Å²) in [5.41, 5.74) is 0.215. The molecule has 2 atom stereocenters. The van der Waals surface area contributed by atoms with Gasteiger partial charge in [-0.25, -0.2) is 16.8 Å². The first-order valence-electron chi connectivity index (χ1n) is 9.56. The van der Waals surface area contributed by atoms with E-state index in [0.29, 0.717) is 24.6 Å². The molecule has 0 aliphatic carbocycles. The van der Waals surface area contributed by atoms with E-state index >= 15 is 0 Å². The van der Waals surface area contributed by atoms with Crippen molar-refractivity contribution in [3.63, 3.8) is 0 Å². The van der Waals surface area contributed by atoms with Crippen molar-refractivity contribution < 1.29 is 16.8 Å². The van der Waals surface area contributed by atoms with Gasteiger partial charge >= 0.3 is 0 Å². The third kappa shape index (κ3) is 5.20. The van der Waals surface area contributed by atoms with Gasteiger partial charge in [-0.2, -0.15) is 0 Å². The van der Waals surface area contributed by atoms with E-state index in [1.54, 1.807) is 0 Å². The van der Waals surface area contributed by atoms with E-state index in [2.05, 4.69) is 51.3 Å². The highest BCUT2D eigenvalue weighted by Gasteiger charge is 2.48. The number of sulfone groups is 2. The van der Waals surface area contributed by atoms with Crippen LogP contribution >= 0.6 is 0 Å². The second-order valence-electron chi connectivity index (χ2n) is 9.80. The first-order valence-corrected chi connectivity index (χ1v) is 13.0. The zero-order chi connectivity index (χ0) is 20.0. The molecule has 3 aliphatic rings. The predicted molar refractivity (Wildman–Crippen MR) is 107 cm³/mol. The van der Waals surface area contributed by atoms with Gasteiger partial charge in [-0.1, -0.05) is 0 Å². The lowest BCUT2D eigenvalue weighted by molar-refractivity contribution is 0.137. The van der Waals surface area contributed by atoms with Crippen molar-refractivity contribution >= 4 is 19.7 Å². The van der Waals surface area contributed by atoms with Gasteiger partial charge in [0.1, 0.15) is 0 Å². The van der Waals surface area contributed by atoms with Crippen molar-refractivity contribution in [2.24, 2.45) is 0 Å². The summed E-state index contributed by atoms with van der Waals surface area (Å²) in [6.45, 7) is 15.7. The number of hydrogen-bond donors (Lipinski definition) is 0. The molecule has 26 heavy (non-hydrogen) atoms. The first kappa shape index (κ1) is 22.1. The van der Waals surface area contributed by atoms with Crippen molar-refractivity contribution in [1.29, 1.82) is 0 Å². The molecule has 154 valence electrons. The standard InChI is InChI=1S/C10H19NO2S.C8H17NO2S/c1-10(2,3)11-6-8-4-5-9(7-11)14(8,12)13;1-8(2,3)9-4-6-12(10,11)7-5-9/h8-9H,4-7H2,1-3H3;4-7H2,1-3H3. The van der Waals surface area contributed by atoms with Crippen LogP contribution in [0, 0.1) is 0 Å². The van der Waals surface area contributed by atoms with Gasteiger partial charge in [-0.05, 0) is 54.4 Å². The second-order valence-corrected chi connectivity index (χ2v) is 14.6. The molecule has 0 aromatic heterocycles. The molecule has 0 saturated carbocycles. The molecule has 3 rings (SSSR count). The summed E-state index contributed by atoms with van der Waals surface area (Å²) in [4.78, 5) is 4.53. The van der Waals surface area contributed by atoms with Crippen LogP contribution in [-0.2, 0) is 19.7 Å². The van der Waals surface area contributed by atoms with Gasteiger partial charge in [0.2, 0.25) is 0 Å². The lowest BCUT2D eigenvalue weighted by Crippen LogP contribution is -2.54. The molecular formula is C18H36N2O4S2. The van der Waals surface area contributed by atoms with Gasteiger partial charge in [-0.3, -0.25) is 9.80 Å². The van der Waals surface area contributed by atoms with Gasteiger partial charge < -0.3 is 0 Å². The molecule has 0 aromatic rings. The summed E-state index contributed by atoms with van der Waals surface area (Å²) in [5, 5.41) is -0.166. The quantitative estimate of drug-likeness (QED) is 0.606. The fourth-order valence-electron chi connectivity index (χ4n) is 3.86. The molecule has 2 bridgehead atoms. The van der Waals surface area contributed by atoms with Crippen LogP contribution in [-0.4, -0.2) is 85.9 Å². The molecule has 3 saturated heterocycles. The number of likely N-dealkylation sites (tertiary alicyclic amines) is 1. The van der Waals surface area contributed by atoms with Crippen LogP contribution in [0.4, 0.5) is 0 Å². The molecule has 0 N–H and O–H groups in total. The van der Waals surface area contributed by atoms with E-state index in [9.17, 15) is 16.8 Å². The molecule has 8 heteroatoms. The Hall–Kier alpha value is -0.180. The Bertz CT molecular complexity index is 668. The van der Waals surface area contributed by atoms with E-state index in [1.165, 1.54) is 0 Å². The molecule has 0 amide bonds. The van der Waals surface area contributed by atoms with E-state index in [1.807, 2.05) is 0 Å². The van der Waals surface area contributed by atoms with Crippen molar-refractivity contribution in [3.05, 3.63) is 0 Å². The number of rotatable bonds is 0. The van der Waals surface area contributed by atoms with Crippen molar-refractivity contribution in [1.82, 2.24) is 9.80 Å². The van der Waals surface area contributed by atoms with Gasteiger partial charge in [-0.15, -0.1) is 0 Å². The molecule has 0 spiro atoms. The summed E-state index contributed by atoms with van der Waals surface area (Å²) in [6, 6.07) is 0. The lowest BCUT2D eigenvalue weighted by atomic mass is 10.1. The maximum absolute atomic E-state index is 11.8. The van der Waals surface area contributed by atoms with Crippen LogP contribution in [0.1, 0.15) is 54.4 Å². The third-order valence-corrected chi connectivity index (χ3v) is 10.1. The Kier molecular flexibility index (Phi) is 6.24. The Labute approximate surface area is 160 Å². The average Bonchev–Trinajstić information content (AvgIpc) is 2.64. The summed E-state index contributed by atoms with van der Waals surface area (Å²) >= 11 is 0. The van der Waals surface area contributed by atoms with Gasteiger partial charge in [0.15, 0.2) is 19.7 Å². The van der Waals surface area contributed by atoms with Crippen LogP contribution in [0.15, 0.2) is 0 Å². The number of hydrogen-bond acceptors (Lipinski definition) is 6. The summed E-state index contributed by atoms with van der Waals surface area (Å²) in [7, 11) is -5.48. The molecule has 3 aliphatic heterocycles. The van der Waals surface area contributed by atoms with Crippen molar-refractivity contribution in [2.45, 2.75) is 76.0 Å². The average molecular weight is 409 g/mol. The molecule has 6 nitrogen and oxygen atoms in total. The van der Waals surface area contributed by atoms with Gasteiger partial charge in [0.05, 0.1) is 22.0 Å². The lowest BCUT2D eigenvalue weighted by Gasteiger charge is -2.41.